The summed E-state index contributed by atoms with van der Waals surface area (Å²) >= 11 is 0. The van der Waals surface area contributed by atoms with Crippen LogP contribution >= 0.6 is 0 Å². The molecule has 0 aliphatic carbocycles. The summed E-state index contributed by atoms with van der Waals surface area (Å²) in [5, 5.41) is 6.13. The minimum Gasteiger partial charge on any atom is -0.319 e. The molecule has 7 heteroatoms. The van der Waals surface area contributed by atoms with Crippen LogP contribution in [0.15, 0.2) is 35.1 Å². The van der Waals surface area contributed by atoms with E-state index in [0.717, 1.165) is 37.6 Å². The molecule has 134 valence electrons. The van der Waals surface area contributed by atoms with E-state index in [1.807, 2.05) is 51.2 Å². The highest BCUT2D eigenvalue weighted by molar-refractivity contribution is 5.95. The zero-order valence-corrected chi connectivity index (χ0v) is 15.0. The molecule has 0 spiro atoms. The Hall–Kier alpha value is -2.38. The molecule has 2 heterocycles. The maximum atomic E-state index is 12.8. The van der Waals surface area contributed by atoms with Crippen LogP contribution in [-0.2, 0) is 11.8 Å². The number of benzene rings is 1. The van der Waals surface area contributed by atoms with E-state index >= 15 is 0 Å². The van der Waals surface area contributed by atoms with E-state index in [1.165, 1.54) is 0 Å². The van der Waals surface area contributed by atoms with Crippen molar-refractivity contribution in [2.75, 3.05) is 31.5 Å². The number of hydrogen-bond donors (Lipinski definition) is 2. The topological polar surface area (TPSA) is 71.3 Å². The monoisotopic (exact) mass is 343 g/mol. The molecule has 1 unspecified atom stereocenters. The van der Waals surface area contributed by atoms with Crippen LogP contribution in [-0.4, -0.2) is 52.4 Å². The maximum absolute atomic E-state index is 12.8. The van der Waals surface area contributed by atoms with Crippen molar-refractivity contribution in [1.82, 2.24) is 19.6 Å². The molecule has 0 bridgehead atoms. The molecule has 1 aromatic carbocycles. The van der Waals surface area contributed by atoms with Crippen molar-refractivity contribution in [2.24, 2.45) is 7.05 Å². The van der Waals surface area contributed by atoms with Gasteiger partial charge >= 0.3 is 0 Å². The number of aromatic nitrogens is 2. The molecule has 2 N–H and O–H groups in total. The molecular formula is C18H25N5O2. The van der Waals surface area contributed by atoms with Gasteiger partial charge in [0.05, 0.1) is 17.4 Å². The molecule has 0 radical (unpaired) electrons. The smallest absolute Gasteiger partial charge is 0.295 e. The zero-order chi connectivity index (χ0) is 18.0. The highest BCUT2D eigenvalue weighted by Crippen LogP contribution is 2.15. The van der Waals surface area contributed by atoms with Crippen LogP contribution in [0.1, 0.15) is 12.6 Å². The lowest BCUT2D eigenvalue weighted by Gasteiger charge is -2.31. The van der Waals surface area contributed by atoms with E-state index in [2.05, 4.69) is 15.5 Å². The number of carbonyl (C=O) groups excluding carboxylic acids is 1. The molecule has 7 nitrogen and oxygen atoms in total. The van der Waals surface area contributed by atoms with E-state index in [-0.39, 0.29) is 17.5 Å². The average molecular weight is 343 g/mol. The van der Waals surface area contributed by atoms with Gasteiger partial charge in [0, 0.05) is 33.2 Å². The van der Waals surface area contributed by atoms with Crippen molar-refractivity contribution in [3.63, 3.8) is 0 Å². The number of rotatable bonds is 4. The number of carbonyl (C=O) groups is 1. The lowest BCUT2D eigenvalue weighted by Crippen LogP contribution is -2.51. The minimum absolute atomic E-state index is 0.145. The van der Waals surface area contributed by atoms with Gasteiger partial charge in [-0.2, -0.15) is 0 Å². The normalized spacial score (nSPS) is 16.6. The van der Waals surface area contributed by atoms with Crippen LogP contribution < -0.4 is 16.2 Å². The number of para-hydroxylation sites is 1. The number of nitrogens with one attached hydrogen (secondary N) is 2. The largest absolute Gasteiger partial charge is 0.319 e. The van der Waals surface area contributed by atoms with Gasteiger partial charge in [-0.25, -0.2) is 4.68 Å². The first kappa shape index (κ1) is 17.4. The summed E-state index contributed by atoms with van der Waals surface area (Å²) in [6, 6.07) is 9.14. The summed E-state index contributed by atoms with van der Waals surface area (Å²) in [5.41, 5.74) is 1.63. The van der Waals surface area contributed by atoms with Crippen LogP contribution in [0, 0.1) is 6.92 Å². The van der Waals surface area contributed by atoms with Crippen molar-refractivity contribution >= 4 is 11.6 Å². The second kappa shape index (κ2) is 7.25. The van der Waals surface area contributed by atoms with Crippen LogP contribution in [0.2, 0.25) is 0 Å². The fourth-order valence-electron chi connectivity index (χ4n) is 3.18. The first-order valence-electron chi connectivity index (χ1n) is 8.60. The Morgan fingerprint density at radius 1 is 1.20 bits per heavy atom. The number of piperazine rings is 1. The van der Waals surface area contributed by atoms with Crippen molar-refractivity contribution in [2.45, 2.75) is 19.9 Å². The van der Waals surface area contributed by atoms with Crippen LogP contribution in [0.5, 0.6) is 0 Å². The molecule has 1 saturated heterocycles. The summed E-state index contributed by atoms with van der Waals surface area (Å²) in [4.78, 5) is 27.6. The Labute approximate surface area is 147 Å². The fraction of sp³-hybridized carbons (Fsp3) is 0.444. The molecule has 1 aliphatic rings. The van der Waals surface area contributed by atoms with Gasteiger partial charge in [-0.1, -0.05) is 18.2 Å². The second-order valence-electron chi connectivity index (χ2n) is 6.39. The summed E-state index contributed by atoms with van der Waals surface area (Å²) in [5.74, 6) is -0.145. The first-order valence-corrected chi connectivity index (χ1v) is 8.60. The Kier molecular flexibility index (Phi) is 5.06. The molecule has 25 heavy (non-hydrogen) atoms. The highest BCUT2D eigenvalue weighted by atomic mass is 16.2. The Morgan fingerprint density at radius 3 is 2.48 bits per heavy atom. The number of amides is 1. The van der Waals surface area contributed by atoms with Crippen molar-refractivity contribution in [1.29, 1.82) is 0 Å². The van der Waals surface area contributed by atoms with Crippen molar-refractivity contribution in [3.8, 4) is 5.69 Å². The average Bonchev–Trinajstić information content (AvgIpc) is 2.86. The fourth-order valence-corrected chi connectivity index (χ4v) is 3.18. The molecule has 1 fully saturated rings. The van der Waals surface area contributed by atoms with Crippen molar-refractivity contribution in [3.05, 3.63) is 46.4 Å². The predicted octanol–water partition coefficient (Wildman–Crippen LogP) is 0.717. The highest BCUT2D eigenvalue weighted by Gasteiger charge is 2.25. The van der Waals surface area contributed by atoms with Crippen LogP contribution in [0.4, 0.5) is 5.69 Å². The third-order valence-corrected chi connectivity index (χ3v) is 4.88. The van der Waals surface area contributed by atoms with Gasteiger partial charge in [-0.05, 0) is 26.0 Å². The zero-order valence-electron chi connectivity index (χ0n) is 15.0. The molecule has 2 aromatic rings. The van der Waals surface area contributed by atoms with E-state index in [4.69, 9.17) is 0 Å². The summed E-state index contributed by atoms with van der Waals surface area (Å²) in [7, 11) is 1.82. The Morgan fingerprint density at radius 2 is 1.84 bits per heavy atom. The Balaban J connectivity index is 1.86. The maximum Gasteiger partial charge on any atom is 0.295 e. The molecule has 1 atom stereocenters. The van der Waals surface area contributed by atoms with E-state index < -0.39 is 0 Å². The standard InChI is InChI=1S/C18H25N5O2/c1-13-16(20-17(24)14(2)22-11-9-19-10-12-22)18(25)23(21(13)3)15-7-5-4-6-8-15/h4-8,14,19H,9-12H2,1-3H3,(H,20,24). The molecule has 3 rings (SSSR count). The Bertz CT molecular complexity index is 803. The quantitative estimate of drug-likeness (QED) is 0.858. The minimum atomic E-state index is -0.272. The second-order valence-corrected chi connectivity index (χ2v) is 6.39. The van der Waals surface area contributed by atoms with E-state index in [0.29, 0.717) is 5.69 Å². The first-order chi connectivity index (χ1) is 12.0. The van der Waals surface area contributed by atoms with Crippen LogP contribution in [0.25, 0.3) is 5.69 Å². The lowest BCUT2D eigenvalue weighted by atomic mass is 10.2. The third kappa shape index (κ3) is 3.38. The number of anilines is 1. The lowest BCUT2D eigenvalue weighted by molar-refractivity contribution is -0.121. The van der Waals surface area contributed by atoms with Gasteiger partial charge in [0.2, 0.25) is 5.91 Å². The SMILES string of the molecule is Cc1c(NC(=O)C(C)N2CCNCC2)c(=O)n(-c2ccccc2)n1C. The summed E-state index contributed by atoms with van der Waals surface area (Å²) in [6.07, 6.45) is 0. The summed E-state index contributed by atoms with van der Waals surface area (Å²) in [6.45, 7) is 7.14. The van der Waals surface area contributed by atoms with Gasteiger partial charge in [0.1, 0.15) is 5.69 Å². The third-order valence-electron chi connectivity index (χ3n) is 4.88. The van der Waals surface area contributed by atoms with Gasteiger partial charge in [-0.3, -0.25) is 19.2 Å². The van der Waals surface area contributed by atoms with Gasteiger partial charge < -0.3 is 10.6 Å². The van der Waals surface area contributed by atoms with Crippen LogP contribution in [0.3, 0.4) is 0 Å². The number of hydrogen-bond acceptors (Lipinski definition) is 4. The van der Waals surface area contributed by atoms with Crippen molar-refractivity contribution < 1.29 is 4.79 Å². The molecular weight excluding hydrogens is 318 g/mol. The van der Waals surface area contributed by atoms with Gasteiger partial charge in [-0.15, -0.1) is 0 Å². The number of nitrogens with zero attached hydrogens (tertiary/aromatic N) is 3. The van der Waals surface area contributed by atoms with E-state index in [1.54, 1.807) is 9.36 Å². The van der Waals surface area contributed by atoms with Gasteiger partial charge in [0.25, 0.3) is 5.56 Å². The molecule has 1 amide bonds. The molecule has 0 saturated carbocycles. The van der Waals surface area contributed by atoms with Gasteiger partial charge in [0.15, 0.2) is 0 Å². The molecule has 1 aliphatic heterocycles. The summed E-state index contributed by atoms with van der Waals surface area (Å²) < 4.78 is 3.34. The predicted molar refractivity (Wildman–Crippen MR) is 98.3 cm³/mol. The molecule has 1 aromatic heterocycles. The van der Waals surface area contributed by atoms with E-state index in [9.17, 15) is 9.59 Å².